The van der Waals surface area contributed by atoms with Crippen LogP contribution in [0.5, 0.6) is 5.75 Å². The van der Waals surface area contributed by atoms with Crippen LogP contribution in [0.1, 0.15) is 30.1 Å². The maximum Gasteiger partial charge on any atom is 0.490 e. The molecule has 2 aromatic rings. The Hall–Kier alpha value is -3.38. The number of carboxylic acids is 1. The molecule has 0 aromatic heterocycles. The van der Waals surface area contributed by atoms with Crippen LogP contribution in [0, 0.1) is 11.7 Å². The van der Waals surface area contributed by atoms with Crippen molar-refractivity contribution in [2.24, 2.45) is 5.92 Å². The molecule has 38 heavy (non-hydrogen) atoms. The molecule has 1 atom stereocenters. The van der Waals surface area contributed by atoms with E-state index in [4.69, 9.17) is 14.6 Å². The van der Waals surface area contributed by atoms with Crippen LogP contribution in [-0.4, -0.2) is 78.5 Å². The van der Waals surface area contributed by atoms with Gasteiger partial charge < -0.3 is 30.1 Å². The number of rotatable bonds is 8. The molecule has 1 aliphatic rings. The molecule has 0 aliphatic carbocycles. The SMILES string of the molecule is COc1ccc(CNC(=O)N(C)CC2CCN(CC(O)c3ccc(F)cc3)CC2)cc1.O=C(O)C(F)(F)F. The van der Waals surface area contributed by atoms with Gasteiger partial charge in [0.2, 0.25) is 0 Å². The normalized spacial score (nSPS) is 15.1. The molecular weight excluding hydrogens is 510 g/mol. The summed E-state index contributed by atoms with van der Waals surface area (Å²) >= 11 is 0. The molecule has 1 fully saturated rings. The lowest BCUT2D eigenvalue weighted by molar-refractivity contribution is -0.192. The van der Waals surface area contributed by atoms with Gasteiger partial charge in [-0.25, -0.2) is 14.0 Å². The van der Waals surface area contributed by atoms with E-state index < -0.39 is 18.2 Å². The Balaban J connectivity index is 0.000000638. The molecule has 12 heteroatoms. The van der Waals surface area contributed by atoms with Crippen molar-refractivity contribution in [3.63, 3.8) is 0 Å². The van der Waals surface area contributed by atoms with E-state index in [2.05, 4.69) is 10.2 Å². The Bertz CT molecular complexity index is 1010. The van der Waals surface area contributed by atoms with Crippen molar-refractivity contribution in [1.82, 2.24) is 15.1 Å². The van der Waals surface area contributed by atoms with Gasteiger partial charge in [-0.2, -0.15) is 13.2 Å². The standard InChI is InChI=1S/C24H32FN3O3.C2HF3O2/c1-27(24(30)26-15-18-3-9-22(31-2)10-4-18)16-19-11-13-28(14-12-19)17-23(29)20-5-7-21(25)8-6-20;3-2(4,5)1(6)7/h3-10,19,23,29H,11-17H2,1-2H3,(H,26,30);(H,6,7). The Labute approximate surface area is 218 Å². The number of hydrogen-bond acceptors (Lipinski definition) is 5. The molecule has 0 bridgehead atoms. The third kappa shape index (κ3) is 10.5. The van der Waals surface area contributed by atoms with Crippen LogP contribution in [-0.2, 0) is 11.3 Å². The molecule has 0 saturated carbocycles. The first kappa shape index (κ1) is 30.8. The number of nitrogens with zero attached hydrogens (tertiary/aromatic N) is 2. The molecule has 1 unspecified atom stereocenters. The molecule has 0 spiro atoms. The molecule has 1 heterocycles. The number of methoxy groups -OCH3 is 1. The first-order valence-corrected chi connectivity index (χ1v) is 12.0. The van der Waals surface area contributed by atoms with Gasteiger partial charge in [-0.3, -0.25) is 0 Å². The summed E-state index contributed by atoms with van der Waals surface area (Å²) in [4.78, 5) is 25.3. The quantitative estimate of drug-likeness (QED) is 0.434. The number of carbonyl (C=O) groups excluding carboxylic acids is 1. The first-order valence-electron chi connectivity index (χ1n) is 12.0. The topological polar surface area (TPSA) is 102 Å². The van der Waals surface area contributed by atoms with Crippen molar-refractivity contribution in [1.29, 1.82) is 0 Å². The Kier molecular flexibility index (Phi) is 11.8. The first-order chi connectivity index (χ1) is 17.9. The summed E-state index contributed by atoms with van der Waals surface area (Å²) < 4.78 is 49.9. The largest absolute Gasteiger partial charge is 0.497 e. The van der Waals surface area contributed by atoms with Gasteiger partial charge in [-0.05, 0) is 67.2 Å². The van der Waals surface area contributed by atoms with Gasteiger partial charge in [-0.1, -0.05) is 24.3 Å². The van der Waals surface area contributed by atoms with Crippen LogP contribution in [0.2, 0.25) is 0 Å². The number of aliphatic hydroxyl groups excluding tert-OH is 1. The van der Waals surface area contributed by atoms with E-state index in [1.807, 2.05) is 31.3 Å². The minimum Gasteiger partial charge on any atom is -0.497 e. The number of hydrogen-bond donors (Lipinski definition) is 3. The van der Waals surface area contributed by atoms with Gasteiger partial charge in [0.1, 0.15) is 11.6 Å². The zero-order valence-electron chi connectivity index (χ0n) is 21.2. The summed E-state index contributed by atoms with van der Waals surface area (Å²) in [6, 6.07) is 13.6. The van der Waals surface area contributed by atoms with Crippen LogP contribution >= 0.6 is 0 Å². The van der Waals surface area contributed by atoms with Crippen molar-refractivity contribution in [2.45, 2.75) is 31.7 Å². The molecule has 2 amide bonds. The van der Waals surface area contributed by atoms with Gasteiger partial charge in [0, 0.05) is 26.7 Å². The van der Waals surface area contributed by atoms with Gasteiger partial charge in [0.05, 0.1) is 13.2 Å². The lowest BCUT2D eigenvalue weighted by Gasteiger charge is -2.34. The highest BCUT2D eigenvalue weighted by atomic mass is 19.4. The number of benzene rings is 2. The maximum atomic E-state index is 13.0. The lowest BCUT2D eigenvalue weighted by atomic mass is 9.95. The van der Waals surface area contributed by atoms with Gasteiger partial charge in [0.25, 0.3) is 0 Å². The van der Waals surface area contributed by atoms with E-state index >= 15 is 0 Å². The maximum absolute atomic E-state index is 13.0. The number of likely N-dealkylation sites (tertiary alicyclic amines) is 1. The van der Waals surface area contributed by atoms with Crippen molar-refractivity contribution < 1.29 is 42.1 Å². The molecule has 210 valence electrons. The monoisotopic (exact) mass is 543 g/mol. The molecular formula is C26H33F4N3O5. The number of carboxylic acid groups (broad SMARTS) is 1. The highest BCUT2D eigenvalue weighted by molar-refractivity contribution is 5.74. The minimum absolute atomic E-state index is 0.0787. The number of halogens is 4. The summed E-state index contributed by atoms with van der Waals surface area (Å²) in [6.07, 6.45) is -3.75. The number of β-amino-alcohol motifs (C(OH)–C–C–N with tert-alkyl or cyclic N) is 1. The highest BCUT2D eigenvalue weighted by Crippen LogP contribution is 2.22. The third-order valence-electron chi connectivity index (χ3n) is 6.12. The second-order valence-corrected chi connectivity index (χ2v) is 9.00. The minimum atomic E-state index is -5.08. The number of amides is 2. The Morgan fingerprint density at radius 2 is 1.66 bits per heavy atom. The number of nitrogens with one attached hydrogen (secondary N) is 1. The van der Waals surface area contributed by atoms with E-state index in [-0.39, 0.29) is 11.8 Å². The summed E-state index contributed by atoms with van der Waals surface area (Å²) in [5, 5.41) is 20.5. The fourth-order valence-corrected chi connectivity index (χ4v) is 3.91. The fourth-order valence-electron chi connectivity index (χ4n) is 3.91. The number of aliphatic hydroxyl groups is 1. The number of urea groups is 1. The zero-order chi connectivity index (χ0) is 28.3. The van der Waals surface area contributed by atoms with Crippen LogP contribution < -0.4 is 10.1 Å². The number of aliphatic carboxylic acids is 1. The summed E-state index contributed by atoms with van der Waals surface area (Å²) in [5.74, 6) is -1.82. The van der Waals surface area contributed by atoms with Crippen molar-refractivity contribution in [3.05, 3.63) is 65.5 Å². The second-order valence-electron chi connectivity index (χ2n) is 9.00. The van der Waals surface area contributed by atoms with Crippen LogP contribution in [0.15, 0.2) is 48.5 Å². The van der Waals surface area contributed by atoms with Gasteiger partial charge in [0.15, 0.2) is 0 Å². The number of ether oxygens (including phenoxy) is 1. The molecule has 3 N–H and O–H groups in total. The van der Waals surface area contributed by atoms with E-state index in [0.29, 0.717) is 25.6 Å². The van der Waals surface area contributed by atoms with Crippen LogP contribution in [0.3, 0.4) is 0 Å². The molecule has 1 saturated heterocycles. The molecule has 1 aliphatic heterocycles. The van der Waals surface area contributed by atoms with E-state index in [1.54, 1.807) is 24.1 Å². The molecule has 8 nitrogen and oxygen atoms in total. The lowest BCUT2D eigenvalue weighted by Crippen LogP contribution is -2.43. The second kappa shape index (κ2) is 14.5. The Morgan fingerprint density at radius 1 is 1.11 bits per heavy atom. The van der Waals surface area contributed by atoms with E-state index in [0.717, 1.165) is 42.8 Å². The Morgan fingerprint density at radius 3 is 2.16 bits per heavy atom. The van der Waals surface area contributed by atoms with Crippen LogP contribution in [0.4, 0.5) is 22.4 Å². The predicted octanol–water partition coefficient (Wildman–Crippen LogP) is 4.05. The van der Waals surface area contributed by atoms with Crippen molar-refractivity contribution in [3.8, 4) is 5.75 Å². The van der Waals surface area contributed by atoms with Gasteiger partial charge >= 0.3 is 18.2 Å². The predicted molar refractivity (Wildman–Crippen MR) is 132 cm³/mol. The summed E-state index contributed by atoms with van der Waals surface area (Å²) in [5.41, 5.74) is 1.76. The average Bonchev–Trinajstić information content (AvgIpc) is 2.88. The number of piperidine rings is 1. The smallest absolute Gasteiger partial charge is 0.490 e. The van der Waals surface area contributed by atoms with E-state index in [9.17, 15) is 27.5 Å². The van der Waals surface area contributed by atoms with Gasteiger partial charge in [-0.15, -0.1) is 0 Å². The molecule has 0 radical (unpaired) electrons. The zero-order valence-corrected chi connectivity index (χ0v) is 21.2. The number of alkyl halides is 3. The molecule has 3 rings (SSSR count). The van der Waals surface area contributed by atoms with Crippen molar-refractivity contribution >= 4 is 12.0 Å². The number of carbonyl (C=O) groups is 2. The average molecular weight is 544 g/mol. The van der Waals surface area contributed by atoms with Crippen LogP contribution in [0.25, 0.3) is 0 Å². The van der Waals surface area contributed by atoms with E-state index in [1.165, 1.54) is 12.1 Å². The summed E-state index contributed by atoms with van der Waals surface area (Å²) in [6.45, 7) is 3.49. The fraction of sp³-hybridized carbons (Fsp3) is 0.462. The van der Waals surface area contributed by atoms with Crippen molar-refractivity contribution in [2.75, 3.05) is 40.3 Å². The summed E-state index contributed by atoms with van der Waals surface area (Å²) in [7, 11) is 3.46. The highest BCUT2D eigenvalue weighted by Gasteiger charge is 2.38. The third-order valence-corrected chi connectivity index (χ3v) is 6.12. The molecule has 2 aromatic carbocycles.